The third-order valence-electron chi connectivity index (χ3n) is 5.49. The van der Waals surface area contributed by atoms with Crippen molar-refractivity contribution in [2.24, 2.45) is 22.2 Å². The van der Waals surface area contributed by atoms with Crippen LogP contribution < -0.4 is 0 Å². The van der Waals surface area contributed by atoms with Crippen LogP contribution in [0.15, 0.2) is 0 Å². The van der Waals surface area contributed by atoms with Crippen LogP contribution in [0.3, 0.4) is 0 Å². The number of hydrogen-bond donors (Lipinski definition) is 0. The van der Waals surface area contributed by atoms with Gasteiger partial charge in [-0.05, 0) is 8.02 Å². The Labute approximate surface area is 119 Å². The van der Waals surface area contributed by atoms with Crippen LogP contribution in [0.4, 0.5) is 0 Å². The first-order chi connectivity index (χ1) is 7.37. The van der Waals surface area contributed by atoms with Gasteiger partial charge in [0.05, 0.1) is 0 Å². The molecule has 0 amide bonds. The predicted octanol–water partition coefficient (Wildman–Crippen LogP) is 2.47. The molecule has 5 heteroatoms. The molecule has 0 N–H and O–H groups in total. The van der Waals surface area contributed by atoms with E-state index in [2.05, 4.69) is 28.8 Å². The maximum absolute atomic E-state index is 11.3. The molecule has 0 heterocycles. The first-order valence-corrected chi connectivity index (χ1v) is 10.6. The zero-order valence-corrected chi connectivity index (χ0v) is 16.4. The normalized spacial score (nSPS) is 42.5. The van der Waals surface area contributed by atoms with E-state index in [0.29, 0.717) is 16.3 Å². The maximum Gasteiger partial charge on any atom is 0.110 e. The third-order valence-corrected chi connectivity index (χ3v) is 7.32. The van der Waals surface area contributed by atoms with Crippen molar-refractivity contribution >= 4 is 50.9 Å². The van der Waals surface area contributed by atoms with Crippen molar-refractivity contribution in [3.8, 4) is 0 Å². The fourth-order valence-corrected chi connectivity index (χ4v) is 7.75. The van der Waals surface area contributed by atoms with Gasteiger partial charge in [-0.3, -0.25) is 0 Å². The summed E-state index contributed by atoms with van der Waals surface area (Å²) in [6, 6.07) is 0. The topological polar surface area (TPSA) is 34.1 Å². The smallest absolute Gasteiger partial charge is 0.110 e. The van der Waals surface area contributed by atoms with Gasteiger partial charge in [0.2, 0.25) is 0 Å². The molecule has 2 nitrogen and oxygen atoms in total. The van der Waals surface area contributed by atoms with Crippen molar-refractivity contribution in [3.63, 3.8) is 0 Å². The first kappa shape index (κ1) is 15.0. The Kier molecular flexibility index (Phi) is 4.57. The Morgan fingerprint density at radius 2 is 1.94 bits per heavy atom. The van der Waals surface area contributed by atoms with Crippen LogP contribution in [0.25, 0.3) is 0 Å². The summed E-state index contributed by atoms with van der Waals surface area (Å²) in [5, 5.41) is 0. The van der Waals surface area contributed by atoms with Gasteiger partial charge in [0.1, 0.15) is 10.8 Å². The molecule has 0 saturated heterocycles. The number of rotatable bonds is 2. The summed E-state index contributed by atoms with van der Waals surface area (Å²) in [5.74, 6) is 0.720. The molecule has 0 aliphatic heterocycles. The van der Waals surface area contributed by atoms with E-state index in [1.807, 2.05) is 0 Å². The van der Waals surface area contributed by atoms with Gasteiger partial charge in [0.25, 0.3) is 0 Å². The summed E-state index contributed by atoms with van der Waals surface area (Å²) in [5.41, 5.74) is 0.806. The van der Waals surface area contributed by atoms with E-state index in [1.165, 1.54) is 16.7 Å². The Morgan fingerprint density at radius 1 is 1.44 bits per heavy atom. The van der Waals surface area contributed by atoms with Crippen molar-refractivity contribution in [2.75, 3.05) is 0 Å². The van der Waals surface area contributed by atoms with E-state index in [1.54, 1.807) is 0 Å². The fourth-order valence-electron chi connectivity index (χ4n) is 4.09. The van der Waals surface area contributed by atoms with Gasteiger partial charge in [-0.25, -0.2) is 4.21 Å². The van der Waals surface area contributed by atoms with Gasteiger partial charge < -0.3 is 0 Å². The van der Waals surface area contributed by atoms with E-state index < -0.39 is 0 Å². The van der Waals surface area contributed by atoms with Crippen LogP contribution in [0, 0.1) is 22.2 Å². The summed E-state index contributed by atoms with van der Waals surface area (Å²) in [7, 11) is 2.85. The van der Waals surface area contributed by atoms with Crippen LogP contribution >= 0.6 is 8.02 Å². The molecule has 3 atom stereocenters. The van der Waals surface area contributed by atoms with E-state index in [-0.39, 0.29) is 10.8 Å². The molecular formula is C11H18O2PSTl. The minimum atomic E-state index is 0.0660. The molecule has 3 rings (SSSR count). The van der Waals surface area contributed by atoms with Crippen LogP contribution in [0.1, 0.15) is 33.6 Å². The Hall–Kier alpha value is 0.912. The zero-order valence-electron chi connectivity index (χ0n) is 10.1. The average molecular weight is 450 g/mol. The van der Waals surface area contributed by atoms with E-state index >= 15 is 0 Å². The molecule has 0 radical (unpaired) electrons. The molecule has 0 aromatic heterocycles. The molecular weight excluding hydrogens is 432 g/mol. The molecule has 3 aliphatic rings. The second-order valence-corrected chi connectivity index (χ2v) is 8.07. The molecule has 3 aliphatic carbocycles. The van der Waals surface area contributed by atoms with E-state index in [4.69, 9.17) is 4.21 Å². The largest absolute Gasteiger partial charge is 0.208 e. The van der Waals surface area contributed by atoms with Gasteiger partial charge in [-0.15, -0.1) is 0 Å². The standard InChI is InChI=1S/C11H17O.HOPS.Tl/c1-8-10(4)5-6-11(8,7-12)9(10,2)3;1-3-2;/h7-8H,1,5-6H2,2-4H3;2H;/t8-,10+,11?;;/m1../s1. The fraction of sp³-hybridized carbons (Fsp3) is 0.909. The first-order valence-electron chi connectivity index (χ1n) is 5.50. The molecule has 3 saturated carbocycles. The molecule has 0 aromatic rings. The van der Waals surface area contributed by atoms with Crippen molar-refractivity contribution in [1.29, 1.82) is 0 Å². The van der Waals surface area contributed by atoms with Gasteiger partial charge in [-0.1, -0.05) is 0 Å². The molecule has 88 valence electrons. The van der Waals surface area contributed by atoms with Gasteiger partial charge in [-0.2, -0.15) is 0 Å². The average Bonchev–Trinajstić information content (AvgIpc) is 2.65. The van der Waals surface area contributed by atoms with Crippen molar-refractivity contribution in [2.45, 2.75) is 37.6 Å². The number of fused-ring (bicyclic) bond motifs is 1. The van der Waals surface area contributed by atoms with Crippen molar-refractivity contribution < 1.29 is 9.00 Å². The Morgan fingerprint density at radius 3 is 2.19 bits per heavy atom. The quantitative estimate of drug-likeness (QED) is 0.369. The monoisotopic (exact) mass is 450 g/mol. The molecule has 16 heavy (non-hydrogen) atoms. The van der Waals surface area contributed by atoms with Gasteiger partial charge in [0.15, 0.2) is 0 Å². The summed E-state index contributed by atoms with van der Waals surface area (Å²) >= 11 is 1.04. The Bertz CT molecular complexity index is 341. The molecule has 1 unspecified atom stereocenters. The second-order valence-electron chi connectivity index (χ2n) is 5.57. The van der Waals surface area contributed by atoms with Crippen molar-refractivity contribution in [1.82, 2.24) is 0 Å². The minimum absolute atomic E-state index is 0.0660. The molecule has 0 aromatic carbocycles. The van der Waals surface area contributed by atoms with Crippen LogP contribution in [-0.4, -0.2) is 36.3 Å². The number of carbonyl (C=O) groups excluding carboxylic acids is 1. The van der Waals surface area contributed by atoms with E-state index in [0.717, 1.165) is 38.1 Å². The third kappa shape index (κ3) is 1.57. The SMILES string of the molecule is CC1(C)C2(C=O)CC[C@@]1(C)[C@H]2[CH2][Tl].O=S=P. The van der Waals surface area contributed by atoms with Crippen molar-refractivity contribution in [3.05, 3.63) is 0 Å². The minimum Gasteiger partial charge on any atom is -0.208 e. The number of carbonyl (C=O) groups is 1. The zero-order chi connectivity index (χ0) is 12.6. The summed E-state index contributed by atoms with van der Waals surface area (Å²) in [4.78, 5) is 11.3. The number of aldehydes is 1. The van der Waals surface area contributed by atoms with Crippen LogP contribution in [0.2, 0.25) is 3.98 Å². The van der Waals surface area contributed by atoms with Crippen LogP contribution in [0.5, 0.6) is 0 Å². The molecule has 3 fully saturated rings. The summed E-state index contributed by atoms with van der Waals surface area (Å²) < 4.78 is 10.1. The molecule has 0 spiro atoms. The molecule has 2 bridgehead atoms. The van der Waals surface area contributed by atoms with Gasteiger partial charge in [0, 0.05) is 0 Å². The summed E-state index contributed by atoms with van der Waals surface area (Å²) in [6.45, 7) is 6.99. The van der Waals surface area contributed by atoms with E-state index in [9.17, 15) is 4.79 Å². The van der Waals surface area contributed by atoms with Crippen LogP contribution in [-0.2, 0) is 15.6 Å². The second kappa shape index (κ2) is 4.89. The Balaban J connectivity index is 0.000000386. The summed E-state index contributed by atoms with van der Waals surface area (Å²) in [6.07, 6.45) is 3.71. The maximum atomic E-state index is 11.3. The predicted molar refractivity (Wildman–Crippen MR) is 70.1 cm³/mol. The number of hydrogen-bond acceptors (Lipinski definition) is 2. The van der Waals surface area contributed by atoms with Gasteiger partial charge >= 0.3 is 96.6 Å².